The van der Waals surface area contributed by atoms with E-state index >= 15 is 0 Å². The van der Waals surface area contributed by atoms with E-state index in [1.807, 2.05) is 6.92 Å². The zero-order chi connectivity index (χ0) is 21.0. The lowest BCUT2D eigenvalue weighted by molar-refractivity contribution is -0.138. The van der Waals surface area contributed by atoms with E-state index in [0.717, 1.165) is 23.5 Å². The summed E-state index contributed by atoms with van der Waals surface area (Å²) in [6.07, 6.45) is -2.80. The smallest absolute Gasteiger partial charge is 0.367 e. The van der Waals surface area contributed by atoms with E-state index in [4.69, 9.17) is 10.00 Å². The number of benzene rings is 1. The number of carbonyl (C=O) groups is 2. The molecule has 1 aliphatic carbocycles. The van der Waals surface area contributed by atoms with Crippen LogP contribution in [0, 0.1) is 28.6 Å². The maximum absolute atomic E-state index is 13.6. The number of ether oxygens (including phenoxy) is 1. The van der Waals surface area contributed by atoms with E-state index in [-0.39, 0.29) is 11.6 Å². The summed E-state index contributed by atoms with van der Waals surface area (Å²) in [6.45, 7) is 1.93. The van der Waals surface area contributed by atoms with Crippen molar-refractivity contribution in [1.29, 1.82) is 5.26 Å². The number of amides is 2. The third-order valence-electron chi connectivity index (χ3n) is 7.30. The normalized spacial score (nSPS) is 39.5. The van der Waals surface area contributed by atoms with E-state index in [0.29, 0.717) is 18.2 Å². The molecule has 29 heavy (non-hydrogen) atoms. The van der Waals surface area contributed by atoms with Gasteiger partial charge in [-0.3, -0.25) is 9.59 Å². The number of halogens is 4. The summed E-state index contributed by atoms with van der Waals surface area (Å²) >= 11 is 3.41. The molecule has 3 aliphatic heterocycles. The van der Waals surface area contributed by atoms with Crippen LogP contribution < -0.4 is 4.90 Å². The van der Waals surface area contributed by atoms with E-state index in [2.05, 4.69) is 15.9 Å². The summed E-state index contributed by atoms with van der Waals surface area (Å²) in [5, 5.41) is 9.59. The standard InChI is InChI=1S/C20H16BrF3N2O3/c1-17-4-5-18(29-17,6-7-21)19-13(14(17)19)15(27)26(16(19)28)11-3-2-10(9-25)12(8-11)20(22,23)24/h2-3,8,13-14H,4-7H2,1H3/t13-,14+,17?,18?,19?/m0/s1. The third-order valence-corrected chi connectivity index (χ3v) is 7.70. The Kier molecular flexibility index (Phi) is 3.56. The fourth-order valence-corrected chi connectivity index (χ4v) is 6.94. The van der Waals surface area contributed by atoms with Crippen LogP contribution in [0.5, 0.6) is 0 Å². The van der Waals surface area contributed by atoms with Crippen LogP contribution in [0.4, 0.5) is 18.9 Å². The molecule has 1 spiro atoms. The molecular formula is C20H16BrF3N2O3. The highest BCUT2D eigenvalue weighted by molar-refractivity contribution is 9.09. The van der Waals surface area contributed by atoms with E-state index < -0.39 is 51.7 Å². The second kappa shape index (κ2) is 5.41. The molecule has 9 heteroatoms. The first-order chi connectivity index (χ1) is 13.6. The third kappa shape index (κ3) is 1.99. The van der Waals surface area contributed by atoms with Crippen LogP contribution >= 0.6 is 15.9 Å². The molecule has 0 aromatic heterocycles. The monoisotopic (exact) mass is 468 g/mol. The molecule has 4 fully saturated rings. The Bertz CT molecular complexity index is 1020. The summed E-state index contributed by atoms with van der Waals surface area (Å²) < 4.78 is 46.4. The summed E-state index contributed by atoms with van der Waals surface area (Å²) in [5.41, 5.74) is -4.15. The highest BCUT2D eigenvalue weighted by Crippen LogP contribution is 2.84. The number of nitriles is 1. The van der Waals surface area contributed by atoms with Crippen molar-refractivity contribution >= 4 is 33.4 Å². The molecule has 3 saturated heterocycles. The predicted octanol–water partition coefficient (Wildman–Crippen LogP) is 3.79. The second-order valence-corrected chi connectivity index (χ2v) is 9.28. The summed E-state index contributed by atoms with van der Waals surface area (Å²) in [5.74, 6) is -1.72. The van der Waals surface area contributed by atoms with E-state index in [1.54, 1.807) is 0 Å². The van der Waals surface area contributed by atoms with Crippen molar-refractivity contribution < 1.29 is 27.5 Å². The molecule has 2 amide bonds. The Morgan fingerprint density at radius 1 is 1.34 bits per heavy atom. The number of nitrogens with zero attached hydrogens (tertiary/aromatic N) is 2. The van der Waals surface area contributed by atoms with Gasteiger partial charge in [-0.05, 0) is 44.4 Å². The minimum Gasteiger partial charge on any atom is -0.367 e. The highest BCUT2D eigenvalue weighted by atomic mass is 79.9. The molecule has 4 aliphatic rings. The topological polar surface area (TPSA) is 70.4 Å². The first kappa shape index (κ1) is 19.1. The highest BCUT2D eigenvalue weighted by Gasteiger charge is 2.95. The van der Waals surface area contributed by atoms with Crippen LogP contribution in [0.3, 0.4) is 0 Å². The van der Waals surface area contributed by atoms with Crippen molar-refractivity contribution in [2.75, 3.05) is 10.2 Å². The van der Waals surface area contributed by atoms with Gasteiger partial charge in [-0.2, -0.15) is 18.4 Å². The zero-order valence-corrected chi connectivity index (χ0v) is 16.9. The number of piperidine rings is 1. The van der Waals surface area contributed by atoms with E-state index in [1.165, 1.54) is 12.1 Å². The molecule has 5 nitrogen and oxygen atoms in total. The molecule has 3 unspecified atom stereocenters. The lowest BCUT2D eigenvalue weighted by Crippen LogP contribution is -2.47. The van der Waals surface area contributed by atoms with Gasteiger partial charge in [0.25, 0.3) is 0 Å². The largest absolute Gasteiger partial charge is 0.417 e. The van der Waals surface area contributed by atoms with Gasteiger partial charge in [0.1, 0.15) is 0 Å². The molecule has 0 radical (unpaired) electrons. The van der Waals surface area contributed by atoms with Gasteiger partial charge in [0, 0.05) is 11.2 Å². The van der Waals surface area contributed by atoms with Crippen LogP contribution in [0.25, 0.3) is 0 Å². The van der Waals surface area contributed by atoms with Gasteiger partial charge in [0.15, 0.2) is 0 Å². The van der Waals surface area contributed by atoms with Crippen LogP contribution in [-0.2, 0) is 20.5 Å². The molecule has 5 atom stereocenters. The van der Waals surface area contributed by atoms with Crippen LogP contribution in [0.1, 0.15) is 37.3 Å². The number of rotatable bonds is 3. The predicted molar refractivity (Wildman–Crippen MR) is 97.9 cm³/mol. The average Bonchev–Trinajstić information content (AvgIpc) is 3.13. The van der Waals surface area contributed by atoms with Crippen LogP contribution in [0.15, 0.2) is 18.2 Å². The Morgan fingerprint density at radius 3 is 2.69 bits per heavy atom. The maximum atomic E-state index is 13.6. The van der Waals surface area contributed by atoms with Crippen molar-refractivity contribution in [3.63, 3.8) is 0 Å². The fourth-order valence-electron chi connectivity index (χ4n) is 6.30. The van der Waals surface area contributed by atoms with Gasteiger partial charge in [0.05, 0.1) is 45.4 Å². The quantitative estimate of drug-likeness (QED) is 0.499. The van der Waals surface area contributed by atoms with Crippen molar-refractivity contribution in [1.82, 2.24) is 0 Å². The lowest BCUT2D eigenvalue weighted by atomic mass is 9.72. The number of hydrogen-bond donors (Lipinski definition) is 0. The van der Waals surface area contributed by atoms with Gasteiger partial charge in [-0.25, -0.2) is 4.90 Å². The van der Waals surface area contributed by atoms with E-state index in [9.17, 15) is 22.8 Å². The molecule has 1 aromatic carbocycles. The van der Waals surface area contributed by atoms with Crippen molar-refractivity contribution in [2.24, 2.45) is 17.3 Å². The SMILES string of the molecule is CC12CCC(CCBr)(O1)C13C(=O)N(c4ccc(C#N)c(C(F)(F)F)c4)C(=O)[C@@H]1[C@H]23. The minimum atomic E-state index is -4.77. The maximum Gasteiger partial charge on any atom is 0.417 e. The molecule has 1 saturated carbocycles. The number of carbonyl (C=O) groups excluding carboxylic acids is 2. The molecule has 3 heterocycles. The Hall–Kier alpha value is -1.92. The molecule has 2 bridgehead atoms. The van der Waals surface area contributed by atoms with Gasteiger partial charge in [-0.15, -0.1) is 0 Å². The first-order valence-electron chi connectivity index (χ1n) is 9.33. The number of fused-ring (bicyclic) bond motifs is 4. The second-order valence-electron chi connectivity index (χ2n) is 8.49. The minimum absolute atomic E-state index is 0.145. The van der Waals surface area contributed by atoms with Gasteiger partial charge in [0.2, 0.25) is 11.8 Å². The lowest BCUT2D eigenvalue weighted by Gasteiger charge is -2.33. The number of anilines is 1. The summed E-state index contributed by atoms with van der Waals surface area (Å²) in [6, 6.07) is 4.47. The molecule has 152 valence electrons. The zero-order valence-electron chi connectivity index (χ0n) is 15.3. The van der Waals surface area contributed by atoms with Gasteiger partial charge >= 0.3 is 6.18 Å². The van der Waals surface area contributed by atoms with Crippen molar-refractivity contribution in [3.05, 3.63) is 29.3 Å². The number of alkyl halides is 4. The van der Waals surface area contributed by atoms with Crippen LogP contribution in [0.2, 0.25) is 0 Å². The fraction of sp³-hybridized carbons (Fsp3) is 0.550. The molecular weight excluding hydrogens is 453 g/mol. The van der Waals surface area contributed by atoms with Gasteiger partial charge < -0.3 is 4.74 Å². The Morgan fingerprint density at radius 2 is 2.07 bits per heavy atom. The van der Waals surface area contributed by atoms with Gasteiger partial charge in [-0.1, -0.05) is 15.9 Å². The Labute approximate surface area is 172 Å². The Balaban J connectivity index is 1.60. The number of imide groups is 1. The van der Waals surface area contributed by atoms with Crippen molar-refractivity contribution in [2.45, 2.75) is 43.6 Å². The first-order valence-corrected chi connectivity index (χ1v) is 10.5. The molecule has 1 aromatic rings. The average molecular weight is 469 g/mol. The summed E-state index contributed by atoms with van der Waals surface area (Å²) in [7, 11) is 0. The molecule has 0 N–H and O–H groups in total. The summed E-state index contributed by atoms with van der Waals surface area (Å²) in [4.78, 5) is 27.6. The number of hydrogen-bond acceptors (Lipinski definition) is 4. The molecule has 5 rings (SSSR count). The van der Waals surface area contributed by atoms with Crippen LogP contribution in [-0.4, -0.2) is 28.3 Å². The van der Waals surface area contributed by atoms with Crippen molar-refractivity contribution in [3.8, 4) is 6.07 Å².